The van der Waals surface area contributed by atoms with Crippen molar-refractivity contribution in [3.63, 3.8) is 0 Å². The number of hydrogen-bond acceptors (Lipinski definition) is 5. The average molecular weight is 463 g/mol. The van der Waals surface area contributed by atoms with Gasteiger partial charge in [-0.15, -0.1) is 0 Å². The van der Waals surface area contributed by atoms with Crippen molar-refractivity contribution in [2.75, 3.05) is 11.5 Å². The van der Waals surface area contributed by atoms with Crippen molar-refractivity contribution in [1.82, 2.24) is 15.1 Å². The Hall–Kier alpha value is -3.55. The second-order valence-corrected chi connectivity index (χ2v) is 9.20. The number of hydrogen-bond donors (Lipinski definition) is 1. The highest BCUT2D eigenvalue weighted by molar-refractivity contribution is 6.12. The van der Waals surface area contributed by atoms with Gasteiger partial charge < -0.3 is 14.5 Å². The number of nitrogens with one attached hydrogen (secondary N) is 1. The first-order valence-corrected chi connectivity index (χ1v) is 12.0. The van der Waals surface area contributed by atoms with E-state index >= 15 is 0 Å². The molecule has 8 heteroatoms. The minimum atomic E-state index is -1.15. The lowest BCUT2D eigenvalue weighted by Crippen LogP contribution is -2.65. The molecule has 8 nitrogen and oxygen atoms in total. The molecule has 34 heavy (non-hydrogen) atoms. The van der Waals surface area contributed by atoms with E-state index in [2.05, 4.69) is 10.4 Å². The number of fused-ring (bicyclic) bond motifs is 1. The normalized spacial score (nSPS) is 20.8. The van der Waals surface area contributed by atoms with Crippen molar-refractivity contribution in [2.45, 2.75) is 64.1 Å². The van der Waals surface area contributed by atoms with Gasteiger partial charge in [0.2, 0.25) is 5.91 Å². The topological polar surface area (TPSA) is 89.6 Å². The Morgan fingerprint density at radius 3 is 2.65 bits per heavy atom. The fraction of sp³-hybridized carbons (Fsp3) is 0.423. The summed E-state index contributed by atoms with van der Waals surface area (Å²) in [5, 5.41) is 7.84. The van der Waals surface area contributed by atoms with E-state index in [1.165, 1.54) is 6.42 Å². The highest BCUT2D eigenvalue weighted by atomic mass is 16.5. The molecule has 5 rings (SSSR count). The number of carbonyl (C=O) groups excluding carboxylic acids is 2. The summed E-state index contributed by atoms with van der Waals surface area (Å²) in [7, 11) is 0. The van der Waals surface area contributed by atoms with Gasteiger partial charge in [0.1, 0.15) is 22.7 Å². The Morgan fingerprint density at radius 1 is 1.21 bits per heavy atom. The molecule has 1 fully saturated rings. The first-order valence-electron chi connectivity index (χ1n) is 12.0. The number of benzene rings is 1. The van der Waals surface area contributed by atoms with Crippen molar-refractivity contribution in [3.05, 3.63) is 54.4 Å². The number of anilines is 1. The predicted molar refractivity (Wildman–Crippen MR) is 128 cm³/mol. The summed E-state index contributed by atoms with van der Waals surface area (Å²) in [6, 6.07) is 12.7. The zero-order valence-electron chi connectivity index (χ0n) is 19.6. The summed E-state index contributed by atoms with van der Waals surface area (Å²) in [4.78, 5) is 29.2. The zero-order chi connectivity index (χ0) is 23.7. The van der Waals surface area contributed by atoms with E-state index in [0.717, 1.165) is 25.7 Å². The first kappa shape index (κ1) is 22.3. The number of nitrogens with zero attached hydrogens (tertiary/aromatic N) is 3. The second kappa shape index (κ2) is 9.00. The lowest BCUT2D eigenvalue weighted by molar-refractivity contribution is -0.127. The average Bonchev–Trinajstić information content (AvgIpc) is 3.51. The second-order valence-electron chi connectivity index (χ2n) is 9.20. The van der Waals surface area contributed by atoms with E-state index in [-0.39, 0.29) is 24.4 Å². The van der Waals surface area contributed by atoms with Crippen LogP contribution in [-0.2, 0) is 11.3 Å². The van der Waals surface area contributed by atoms with Crippen LogP contribution in [-0.4, -0.2) is 39.8 Å². The summed E-state index contributed by atoms with van der Waals surface area (Å²) >= 11 is 0. The van der Waals surface area contributed by atoms with E-state index in [0.29, 0.717) is 35.2 Å². The number of aromatic nitrogens is 2. The number of carbonyl (C=O) groups is 2. The Labute approximate surface area is 198 Å². The fourth-order valence-corrected chi connectivity index (χ4v) is 4.98. The van der Waals surface area contributed by atoms with Gasteiger partial charge in [-0.2, -0.15) is 5.10 Å². The van der Waals surface area contributed by atoms with E-state index in [1.807, 2.05) is 38.1 Å². The maximum atomic E-state index is 13.8. The van der Waals surface area contributed by atoms with Gasteiger partial charge in [-0.25, -0.2) is 0 Å². The van der Waals surface area contributed by atoms with Crippen molar-refractivity contribution in [2.24, 2.45) is 0 Å². The van der Waals surface area contributed by atoms with Crippen LogP contribution in [0.15, 0.2) is 53.1 Å². The third-order valence-electron chi connectivity index (χ3n) is 6.76. The molecule has 3 aromatic rings. The molecule has 1 N–H and O–H groups in total. The van der Waals surface area contributed by atoms with Crippen LogP contribution in [0.5, 0.6) is 5.75 Å². The van der Waals surface area contributed by atoms with Gasteiger partial charge in [0.15, 0.2) is 5.76 Å². The van der Waals surface area contributed by atoms with Crippen LogP contribution in [0.1, 0.15) is 56.4 Å². The molecule has 0 bridgehead atoms. The lowest BCUT2D eigenvalue weighted by atomic mass is 9.91. The molecule has 2 aromatic heterocycles. The minimum Gasteiger partial charge on any atom is -0.494 e. The van der Waals surface area contributed by atoms with Crippen LogP contribution in [0.2, 0.25) is 0 Å². The predicted octanol–water partition coefficient (Wildman–Crippen LogP) is 4.41. The monoisotopic (exact) mass is 462 g/mol. The van der Waals surface area contributed by atoms with Crippen molar-refractivity contribution < 1.29 is 18.7 Å². The molecule has 1 saturated carbocycles. The number of ether oxygens (including phenoxy) is 1. The zero-order valence-corrected chi connectivity index (χ0v) is 19.6. The van der Waals surface area contributed by atoms with Gasteiger partial charge in [0, 0.05) is 17.8 Å². The third kappa shape index (κ3) is 3.97. The lowest BCUT2D eigenvalue weighted by Gasteiger charge is -2.44. The van der Waals surface area contributed by atoms with E-state index in [9.17, 15) is 9.59 Å². The SMILES string of the molecule is CCOc1ccc(N2C(=O)c3cc(-c4ccco4)nn3C[C@@]2(C)C(=O)NC2CCCCC2)cc1. The van der Waals surface area contributed by atoms with E-state index in [4.69, 9.17) is 9.15 Å². The molecule has 0 saturated heterocycles. The van der Waals surface area contributed by atoms with Gasteiger partial charge in [0.25, 0.3) is 5.91 Å². The summed E-state index contributed by atoms with van der Waals surface area (Å²) in [5.41, 5.74) is 0.475. The van der Waals surface area contributed by atoms with Crippen molar-refractivity contribution in [1.29, 1.82) is 0 Å². The molecule has 3 heterocycles. The summed E-state index contributed by atoms with van der Waals surface area (Å²) in [6.45, 7) is 4.53. The Morgan fingerprint density at radius 2 is 1.97 bits per heavy atom. The molecule has 1 aromatic carbocycles. The first-order chi connectivity index (χ1) is 16.5. The highest BCUT2D eigenvalue weighted by Crippen LogP contribution is 2.35. The molecule has 2 amide bonds. The number of amides is 2. The van der Waals surface area contributed by atoms with Crippen LogP contribution in [0.25, 0.3) is 11.5 Å². The third-order valence-corrected chi connectivity index (χ3v) is 6.76. The molecular weight excluding hydrogens is 432 g/mol. The Bertz CT molecular complexity index is 1160. The number of furan rings is 1. The van der Waals surface area contributed by atoms with E-state index in [1.54, 1.807) is 34.0 Å². The molecule has 0 spiro atoms. The van der Waals surface area contributed by atoms with Gasteiger partial charge in [0.05, 0.1) is 19.4 Å². The molecular formula is C26H30N4O4. The summed E-state index contributed by atoms with van der Waals surface area (Å²) < 4.78 is 12.7. The van der Waals surface area contributed by atoms with Crippen LogP contribution in [0, 0.1) is 0 Å². The standard InChI is InChI=1S/C26H30N4O4/c1-3-33-20-13-11-19(12-14-20)30-24(31)22-16-21(23-10-7-15-34-23)28-29(22)17-26(30,2)25(32)27-18-8-5-4-6-9-18/h7,10-16,18H,3-6,8-9,17H2,1-2H3,(H,27,32)/t26-/m0/s1. The van der Waals surface area contributed by atoms with Gasteiger partial charge in [-0.05, 0) is 63.1 Å². The molecule has 1 aliphatic heterocycles. The summed E-state index contributed by atoms with van der Waals surface area (Å²) in [6.07, 6.45) is 6.93. The van der Waals surface area contributed by atoms with Gasteiger partial charge in [-0.3, -0.25) is 19.2 Å². The van der Waals surface area contributed by atoms with Crippen molar-refractivity contribution in [3.8, 4) is 17.2 Å². The molecule has 0 unspecified atom stereocenters. The van der Waals surface area contributed by atoms with Crippen molar-refractivity contribution >= 4 is 17.5 Å². The van der Waals surface area contributed by atoms with E-state index < -0.39 is 5.54 Å². The largest absolute Gasteiger partial charge is 0.494 e. The molecule has 0 radical (unpaired) electrons. The maximum Gasteiger partial charge on any atom is 0.277 e. The highest BCUT2D eigenvalue weighted by Gasteiger charge is 2.49. The molecule has 1 atom stereocenters. The Kier molecular flexibility index (Phi) is 5.89. The maximum absolute atomic E-state index is 13.8. The molecule has 178 valence electrons. The van der Waals surface area contributed by atoms with Gasteiger partial charge >= 0.3 is 0 Å². The smallest absolute Gasteiger partial charge is 0.277 e. The fourth-order valence-electron chi connectivity index (χ4n) is 4.98. The summed E-state index contributed by atoms with van der Waals surface area (Å²) in [5.74, 6) is 0.856. The quantitative estimate of drug-likeness (QED) is 0.586. The van der Waals surface area contributed by atoms with Crippen LogP contribution in [0.3, 0.4) is 0 Å². The molecule has 2 aliphatic rings. The van der Waals surface area contributed by atoms with Gasteiger partial charge in [-0.1, -0.05) is 19.3 Å². The Balaban J connectivity index is 1.53. The van der Waals surface area contributed by atoms with Crippen LogP contribution in [0.4, 0.5) is 5.69 Å². The molecule has 1 aliphatic carbocycles. The number of rotatable bonds is 6. The van der Waals surface area contributed by atoms with Crippen LogP contribution < -0.4 is 15.0 Å². The minimum absolute atomic E-state index is 0.132. The van der Waals surface area contributed by atoms with Crippen LogP contribution >= 0.6 is 0 Å².